The summed E-state index contributed by atoms with van der Waals surface area (Å²) in [6.45, 7) is 3.38. The van der Waals surface area contributed by atoms with E-state index in [0.29, 0.717) is 0 Å². The fourth-order valence-electron chi connectivity index (χ4n) is 1.66. The highest BCUT2D eigenvalue weighted by Gasteiger charge is 2.29. The fourth-order valence-corrected chi connectivity index (χ4v) is 1.66. The SMILES string of the molecule is CC(=O)Nc1ccc(NC(=O)C2CC2)cc1C. The van der Waals surface area contributed by atoms with Crippen molar-refractivity contribution in [3.05, 3.63) is 23.8 Å². The van der Waals surface area contributed by atoms with Crippen molar-refractivity contribution in [1.82, 2.24) is 0 Å². The predicted molar refractivity (Wildman–Crippen MR) is 66.8 cm³/mol. The second-order valence-corrected chi connectivity index (χ2v) is 4.47. The van der Waals surface area contributed by atoms with Crippen molar-refractivity contribution in [3.8, 4) is 0 Å². The van der Waals surface area contributed by atoms with Crippen LogP contribution in [0.2, 0.25) is 0 Å². The van der Waals surface area contributed by atoms with Gasteiger partial charge in [-0.05, 0) is 43.5 Å². The molecule has 0 spiro atoms. The largest absolute Gasteiger partial charge is 0.326 e. The number of hydrogen-bond donors (Lipinski definition) is 2. The second kappa shape index (κ2) is 4.57. The minimum Gasteiger partial charge on any atom is -0.326 e. The molecule has 1 saturated carbocycles. The van der Waals surface area contributed by atoms with Crippen molar-refractivity contribution in [3.63, 3.8) is 0 Å². The van der Waals surface area contributed by atoms with E-state index < -0.39 is 0 Å². The molecular formula is C13H16N2O2. The Balaban J connectivity index is 2.07. The molecule has 0 bridgehead atoms. The van der Waals surface area contributed by atoms with Crippen molar-refractivity contribution >= 4 is 23.2 Å². The molecule has 1 fully saturated rings. The van der Waals surface area contributed by atoms with Crippen molar-refractivity contribution in [2.45, 2.75) is 26.7 Å². The summed E-state index contributed by atoms with van der Waals surface area (Å²) in [6, 6.07) is 5.48. The first kappa shape index (κ1) is 11.6. The Morgan fingerprint density at radius 1 is 1.24 bits per heavy atom. The van der Waals surface area contributed by atoms with Gasteiger partial charge in [0, 0.05) is 24.2 Å². The van der Waals surface area contributed by atoms with Crippen LogP contribution in [-0.2, 0) is 9.59 Å². The number of nitrogens with one attached hydrogen (secondary N) is 2. The molecular weight excluding hydrogens is 216 g/mol. The lowest BCUT2D eigenvalue weighted by Crippen LogP contribution is -2.13. The van der Waals surface area contributed by atoms with E-state index in [1.807, 2.05) is 13.0 Å². The van der Waals surface area contributed by atoms with E-state index in [2.05, 4.69) is 10.6 Å². The molecule has 0 saturated heterocycles. The lowest BCUT2D eigenvalue weighted by molar-refractivity contribution is -0.117. The first-order valence-electron chi connectivity index (χ1n) is 5.75. The van der Waals surface area contributed by atoms with Gasteiger partial charge in [0.15, 0.2) is 0 Å². The summed E-state index contributed by atoms with van der Waals surface area (Å²) in [6.07, 6.45) is 1.99. The molecule has 1 aliphatic rings. The second-order valence-electron chi connectivity index (χ2n) is 4.47. The lowest BCUT2D eigenvalue weighted by Gasteiger charge is -2.09. The Morgan fingerprint density at radius 2 is 1.94 bits per heavy atom. The minimum atomic E-state index is -0.0946. The smallest absolute Gasteiger partial charge is 0.227 e. The number of rotatable bonds is 3. The molecule has 0 heterocycles. The molecule has 4 nitrogen and oxygen atoms in total. The average molecular weight is 232 g/mol. The first-order chi connectivity index (χ1) is 8.06. The van der Waals surface area contributed by atoms with E-state index in [9.17, 15) is 9.59 Å². The zero-order chi connectivity index (χ0) is 12.4. The molecule has 0 atom stereocenters. The number of aryl methyl sites for hydroxylation is 1. The summed E-state index contributed by atoms with van der Waals surface area (Å²) in [7, 11) is 0. The van der Waals surface area contributed by atoms with Gasteiger partial charge in [0.05, 0.1) is 0 Å². The van der Waals surface area contributed by atoms with Crippen LogP contribution in [0.15, 0.2) is 18.2 Å². The van der Waals surface area contributed by atoms with Crippen LogP contribution >= 0.6 is 0 Å². The maximum absolute atomic E-state index is 11.6. The maximum Gasteiger partial charge on any atom is 0.227 e. The van der Waals surface area contributed by atoms with Crippen molar-refractivity contribution < 1.29 is 9.59 Å². The van der Waals surface area contributed by atoms with Crippen LogP contribution in [-0.4, -0.2) is 11.8 Å². The maximum atomic E-state index is 11.6. The van der Waals surface area contributed by atoms with Gasteiger partial charge >= 0.3 is 0 Å². The zero-order valence-corrected chi connectivity index (χ0v) is 10.0. The van der Waals surface area contributed by atoms with Crippen LogP contribution in [0.3, 0.4) is 0 Å². The van der Waals surface area contributed by atoms with Crippen molar-refractivity contribution in [2.24, 2.45) is 5.92 Å². The van der Waals surface area contributed by atoms with Crippen LogP contribution in [0.5, 0.6) is 0 Å². The Hall–Kier alpha value is -1.84. The van der Waals surface area contributed by atoms with Gasteiger partial charge < -0.3 is 10.6 Å². The molecule has 90 valence electrons. The number of anilines is 2. The summed E-state index contributed by atoms with van der Waals surface area (Å²) in [4.78, 5) is 22.5. The van der Waals surface area contributed by atoms with Gasteiger partial charge in [-0.3, -0.25) is 9.59 Å². The lowest BCUT2D eigenvalue weighted by atomic mass is 10.1. The Kier molecular flexibility index (Phi) is 3.13. The molecule has 0 radical (unpaired) electrons. The molecule has 17 heavy (non-hydrogen) atoms. The Morgan fingerprint density at radius 3 is 2.47 bits per heavy atom. The molecule has 0 aromatic heterocycles. The number of carbonyl (C=O) groups excluding carboxylic acids is 2. The molecule has 1 aromatic rings. The Bertz CT molecular complexity index is 464. The monoisotopic (exact) mass is 232 g/mol. The van der Waals surface area contributed by atoms with Gasteiger partial charge in [-0.15, -0.1) is 0 Å². The predicted octanol–water partition coefficient (Wildman–Crippen LogP) is 2.30. The van der Waals surface area contributed by atoms with Crippen LogP contribution in [0, 0.1) is 12.8 Å². The Labute approximate surface area is 100 Å². The van der Waals surface area contributed by atoms with Crippen molar-refractivity contribution in [2.75, 3.05) is 10.6 Å². The summed E-state index contributed by atoms with van der Waals surface area (Å²) >= 11 is 0. The van der Waals surface area contributed by atoms with Gasteiger partial charge in [-0.2, -0.15) is 0 Å². The van der Waals surface area contributed by atoms with Crippen molar-refractivity contribution in [1.29, 1.82) is 0 Å². The summed E-state index contributed by atoms with van der Waals surface area (Å²) in [5.74, 6) is 0.199. The molecule has 2 amide bonds. The minimum absolute atomic E-state index is 0.0941. The summed E-state index contributed by atoms with van der Waals surface area (Å²) < 4.78 is 0. The molecule has 0 unspecified atom stereocenters. The third-order valence-corrected chi connectivity index (χ3v) is 2.75. The summed E-state index contributed by atoms with van der Waals surface area (Å²) in [5, 5.41) is 5.61. The molecule has 4 heteroatoms. The normalized spacial score (nSPS) is 14.2. The van der Waals surface area contributed by atoms with Gasteiger partial charge in [-0.1, -0.05) is 0 Å². The van der Waals surface area contributed by atoms with Gasteiger partial charge in [0.25, 0.3) is 0 Å². The van der Waals surface area contributed by atoms with Gasteiger partial charge in [0.2, 0.25) is 11.8 Å². The highest BCUT2D eigenvalue weighted by molar-refractivity contribution is 5.95. The molecule has 1 aromatic carbocycles. The van der Waals surface area contributed by atoms with Gasteiger partial charge in [0.1, 0.15) is 0 Å². The van der Waals surface area contributed by atoms with Crippen LogP contribution in [0.1, 0.15) is 25.3 Å². The van der Waals surface area contributed by atoms with Crippen LogP contribution in [0.4, 0.5) is 11.4 Å². The standard InChI is InChI=1S/C13H16N2O2/c1-8-7-11(15-13(17)10-3-4-10)5-6-12(8)14-9(2)16/h5-7,10H,3-4H2,1-2H3,(H,14,16)(H,15,17). The fraction of sp³-hybridized carbons (Fsp3) is 0.385. The van der Waals surface area contributed by atoms with E-state index in [-0.39, 0.29) is 17.7 Å². The average Bonchev–Trinajstić information content (AvgIpc) is 3.05. The summed E-state index contributed by atoms with van der Waals surface area (Å²) in [5.41, 5.74) is 2.50. The highest BCUT2D eigenvalue weighted by atomic mass is 16.2. The van der Waals surface area contributed by atoms with E-state index >= 15 is 0 Å². The number of amides is 2. The number of benzene rings is 1. The van der Waals surface area contributed by atoms with Crippen LogP contribution in [0.25, 0.3) is 0 Å². The topological polar surface area (TPSA) is 58.2 Å². The zero-order valence-electron chi connectivity index (χ0n) is 10.0. The van der Waals surface area contributed by atoms with Gasteiger partial charge in [-0.25, -0.2) is 0 Å². The van der Waals surface area contributed by atoms with E-state index in [4.69, 9.17) is 0 Å². The van der Waals surface area contributed by atoms with E-state index in [0.717, 1.165) is 29.8 Å². The highest BCUT2D eigenvalue weighted by Crippen LogP contribution is 2.30. The van der Waals surface area contributed by atoms with Crippen LogP contribution < -0.4 is 10.6 Å². The number of hydrogen-bond acceptors (Lipinski definition) is 2. The quantitative estimate of drug-likeness (QED) is 0.840. The third kappa shape index (κ3) is 3.06. The molecule has 1 aliphatic carbocycles. The van der Waals surface area contributed by atoms with E-state index in [1.165, 1.54) is 6.92 Å². The number of carbonyl (C=O) groups is 2. The molecule has 2 N–H and O–H groups in total. The molecule has 0 aliphatic heterocycles. The van der Waals surface area contributed by atoms with E-state index in [1.54, 1.807) is 12.1 Å². The third-order valence-electron chi connectivity index (χ3n) is 2.75. The molecule has 2 rings (SSSR count). The first-order valence-corrected chi connectivity index (χ1v) is 5.75.